The summed E-state index contributed by atoms with van der Waals surface area (Å²) in [5.41, 5.74) is 3.96. The third-order valence-corrected chi connectivity index (χ3v) is 2.06. The van der Waals surface area contributed by atoms with Crippen LogP contribution in [0.3, 0.4) is 0 Å². The SMILES string of the molecule is CCCNC1=Cc2ccccc2ON1. The highest BCUT2D eigenvalue weighted by molar-refractivity contribution is 5.60. The number of hydrogen-bond acceptors (Lipinski definition) is 3. The molecular weight excluding hydrogens is 176 g/mol. The molecule has 3 heteroatoms. The standard InChI is InChI=1S/C11H14N2O/c1-2-7-12-11-8-9-5-3-4-6-10(9)14-13-11/h3-6,8,12-13H,2,7H2,1H3. The van der Waals surface area contributed by atoms with Gasteiger partial charge in [-0.05, 0) is 18.6 Å². The molecule has 0 aromatic heterocycles. The molecule has 2 N–H and O–H groups in total. The Balaban J connectivity index is 2.14. The Hall–Kier alpha value is -1.64. The number of nitrogens with one attached hydrogen (secondary N) is 2. The van der Waals surface area contributed by atoms with Gasteiger partial charge in [-0.3, -0.25) is 0 Å². The van der Waals surface area contributed by atoms with Gasteiger partial charge in [0.15, 0.2) is 5.75 Å². The summed E-state index contributed by atoms with van der Waals surface area (Å²) in [5, 5.41) is 3.24. The second-order valence-electron chi connectivity index (χ2n) is 3.23. The number of benzene rings is 1. The van der Waals surface area contributed by atoms with Crippen LogP contribution in [-0.4, -0.2) is 6.54 Å². The van der Waals surface area contributed by atoms with Crippen molar-refractivity contribution in [1.82, 2.24) is 10.8 Å². The van der Waals surface area contributed by atoms with E-state index >= 15 is 0 Å². The molecule has 0 atom stereocenters. The van der Waals surface area contributed by atoms with Gasteiger partial charge in [-0.25, -0.2) is 5.48 Å². The van der Waals surface area contributed by atoms with E-state index in [-0.39, 0.29) is 0 Å². The molecule has 1 heterocycles. The Labute approximate surface area is 83.7 Å². The minimum atomic E-state index is 0.870. The molecule has 0 radical (unpaired) electrons. The van der Waals surface area contributed by atoms with Gasteiger partial charge < -0.3 is 10.2 Å². The first-order valence-electron chi connectivity index (χ1n) is 4.87. The highest BCUT2D eigenvalue weighted by atomic mass is 16.6. The van der Waals surface area contributed by atoms with Crippen LogP contribution in [0.4, 0.5) is 0 Å². The molecule has 0 fully saturated rings. The summed E-state index contributed by atoms with van der Waals surface area (Å²) < 4.78 is 0. The van der Waals surface area contributed by atoms with Gasteiger partial charge in [-0.1, -0.05) is 25.1 Å². The van der Waals surface area contributed by atoms with Crippen LogP contribution in [0.1, 0.15) is 18.9 Å². The largest absolute Gasteiger partial charge is 0.380 e. The van der Waals surface area contributed by atoms with E-state index in [0.29, 0.717) is 0 Å². The van der Waals surface area contributed by atoms with Crippen LogP contribution in [-0.2, 0) is 0 Å². The third-order valence-electron chi connectivity index (χ3n) is 2.06. The maximum absolute atomic E-state index is 5.35. The summed E-state index contributed by atoms with van der Waals surface area (Å²) >= 11 is 0. The van der Waals surface area contributed by atoms with Gasteiger partial charge in [0, 0.05) is 12.1 Å². The molecule has 1 aliphatic heterocycles. The van der Waals surface area contributed by atoms with Gasteiger partial charge in [0.25, 0.3) is 0 Å². The Kier molecular flexibility index (Phi) is 2.58. The normalized spacial score (nSPS) is 13.4. The molecule has 0 spiro atoms. The molecule has 2 rings (SSSR count). The lowest BCUT2D eigenvalue weighted by Crippen LogP contribution is -2.31. The Morgan fingerprint density at radius 1 is 1.36 bits per heavy atom. The summed E-state index contributed by atoms with van der Waals surface area (Å²) in [4.78, 5) is 5.35. The molecule has 0 saturated heterocycles. The topological polar surface area (TPSA) is 33.3 Å². The van der Waals surface area contributed by atoms with E-state index in [1.165, 1.54) is 0 Å². The fourth-order valence-electron chi connectivity index (χ4n) is 1.33. The molecule has 1 aromatic rings. The van der Waals surface area contributed by atoms with Crippen LogP contribution in [0.15, 0.2) is 30.1 Å². The van der Waals surface area contributed by atoms with E-state index < -0.39 is 0 Å². The molecule has 0 bridgehead atoms. The van der Waals surface area contributed by atoms with Crippen LogP contribution in [0.25, 0.3) is 6.08 Å². The molecule has 1 aliphatic rings. The summed E-state index contributed by atoms with van der Waals surface area (Å²) in [6.45, 7) is 3.08. The summed E-state index contributed by atoms with van der Waals surface area (Å²) in [5.74, 6) is 1.79. The van der Waals surface area contributed by atoms with Crippen molar-refractivity contribution in [3.63, 3.8) is 0 Å². The molecule has 74 valence electrons. The van der Waals surface area contributed by atoms with Crippen LogP contribution in [0, 0.1) is 0 Å². The lowest BCUT2D eigenvalue weighted by molar-refractivity contribution is 0.216. The summed E-state index contributed by atoms with van der Waals surface area (Å²) in [7, 11) is 0. The fraction of sp³-hybridized carbons (Fsp3) is 0.273. The Bertz CT molecular complexity index is 347. The molecule has 14 heavy (non-hydrogen) atoms. The third kappa shape index (κ3) is 1.82. The first-order chi connectivity index (χ1) is 6.90. The lowest BCUT2D eigenvalue weighted by atomic mass is 10.2. The second-order valence-corrected chi connectivity index (χ2v) is 3.23. The van der Waals surface area contributed by atoms with E-state index in [4.69, 9.17) is 4.84 Å². The van der Waals surface area contributed by atoms with Gasteiger partial charge in [-0.2, -0.15) is 0 Å². The molecule has 0 aliphatic carbocycles. The van der Waals surface area contributed by atoms with Crippen molar-refractivity contribution in [3.8, 4) is 5.75 Å². The zero-order chi connectivity index (χ0) is 9.80. The molecule has 0 saturated carbocycles. The molecule has 3 nitrogen and oxygen atoms in total. The van der Waals surface area contributed by atoms with Gasteiger partial charge in [-0.15, -0.1) is 0 Å². The minimum absolute atomic E-state index is 0.870. The van der Waals surface area contributed by atoms with E-state index in [9.17, 15) is 0 Å². The van der Waals surface area contributed by atoms with Crippen LogP contribution in [0.2, 0.25) is 0 Å². The van der Waals surface area contributed by atoms with Gasteiger partial charge >= 0.3 is 0 Å². The maximum atomic E-state index is 5.35. The van der Waals surface area contributed by atoms with E-state index in [1.807, 2.05) is 24.3 Å². The van der Waals surface area contributed by atoms with Crippen molar-refractivity contribution in [2.75, 3.05) is 6.54 Å². The highest BCUT2D eigenvalue weighted by Crippen LogP contribution is 2.22. The Morgan fingerprint density at radius 3 is 3.07 bits per heavy atom. The number of hydroxylamine groups is 1. The lowest BCUT2D eigenvalue weighted by Gasteiger charge is -2.19. The number of hydrogen-bond donors (Lipinski definition) is 2. The summed E-state index contributed by atoms with van der Waals surface area (Å²) in [6.07, 6.45) is 3.15. The average Bonchev–Trinajstić information content (AvgIpc) is 2.26. The fourth-order valence-corrected chi connectivity index (χ4v) is 1.33. The Morgan fingerprint density at radius 2 is 2.21 bits per heavy atom. The molecule has 1 aromatic carbocycles. The van der Waals surface area contributed by atoms with Crippen LogP contribution in [0.5, 0.6) is 5.75 Å². The van der Waals surface area contributed by atoms with E-state index in [2.05, 4.69) is 23.8 Å². The van der Waals surface area contributed by atoms with E-state index in [1.54, 1.807) is 0 Å². The minimum Gasteiger partial charge on any atom is -0.380 e. The van der Waals surface area contributed by atoms with Gasteiger partial charge in [0.05, 0.1) is 0 Å². The first-order valence-corrected chi connectivity index (χ1v) is 4.87. The van der Waals surface area contributed by atoms with E-state index in [0.717, 1.165) is 30.1 Å². The first kappa shape index (κ1) is 8.94. The number of rotatable bonds is 3. The van der Waals surface area contributed by atoms with Gasteiger partial charge in [0.2, 0.25) is 0 Å². The molecular formula is C11H14N2O. The smallest absolute Gasteiger partial charge is 0.162 e. The maximum Gasteiger partial charge on any atom is 0.162 e. The highest BCUT2D eigenvalue weighted by Gasteiger charge is 2.08. The monoisotopic (exact) mass is 190 g/mol. The predicted molar refractivity (Wildman–Crippen MR) is 56.5 cm³/mol. The zero-order valence-electron chi connectivity index (χ0n) is 8.21. The van der Waals surface area contributed by atoms with Crippen molar-refractivity contribution < 1.29 is 4.84 Å². The van der Waals surface area contributed by atoms with Crippen LogP contribution >= 0.6 is 0 Å². The van der Waals surface area contributed by atoms with Crippen molar-refractivity contribution in [1.29, 1.82) is 0 Å². The molecule has 0 amide bonds. The molecule has 0 unspecified atom stereocenters. The van der Waals surface area contributed by atoms with Gasteiger partial charge in [0.1, 0.15) is 5.82 Å². The van der Waals surface area contributed by atoms with Crippen molar-refractivity contribution in [2.24, 2.45) is 0 Å². The van der Waals surface area contributed by atoms with Crippen molar-refractivity contribution in [3.05, 3.63) is 35.6 Å². The van der Waals surface area contributed by atoms with Crippen molar-refractivity contribution >= 4 is 6.08 Å². The zero-order valence-corrected chi connectivity index (χ0v) is 8.21. The number of fused-ring (bicyclic) bond motifs is 1. The van der Waals surface area contributed by atoms with Crippen LogP contribution < -0.4 is 15.6 Å². The quantitative estimate of drug-likeness (QED) is 0.763. The number of para-hydroxylation sites is 1. The average molecular weight is 190 g/mol. The summed E-state index contributed by atoms with van der Waals surface area (Å²) in [6, 6.07) is 7.93. The van der Waals surface area contributed by atoms with Crippen molar-refractivity contribution in [2.45, 2.75) is 13.3 Å². The predicted octanol–water partition coefficient (Wildman–Crippen LogP) is 1.88. The second kappa shape index (κ2) is 4.05.